The molecule has 0 saturated carbocycles. The van der Waals surface area contributed by atoms with Crippen LogP contribution in [0, 0.1) is 11.7 Å². The van der Waals surface area contributed by atoms with Crippen LogP contribution < -0.4 is 20.1 Å². The molecule has 2 rings (SSSR count). The highest BCUT2D eigenvalue weighted by Crippen LogP contribution is 2.22. The van der Waals surface area contributed by atoms with Crippen LogP contribution in [0.1, 0.15) is 29.8 Å². The summed E-state index contributed by atoms with van der Waals surface area (Å²) in [5.74, 6) is -0.511. The quantitative estimate of drug-likeness (QED) is 0.621. The Hall–Kier alpha value is -2.61. The molecule has 0 radical (unpaired) electrons. The van der Waals surface area contributed by atoms with Gasteiger partial charge in [0.25, 0.3) is 5.91 Å². The summed E-state index contributed by atoms with van der Waals surface area (Å²) in [4.78, 5) is 25.4. The molecule has 0 bridgehead atoms. The van der Waals surface area contributed by atoms with E-state index in [1.807, 2.05) is 13.8 Å². The van der Waals surface area contributed by atoms with E-state index in [9.17, 15) is 14.0 Å². The normalized spacial score (nSPS) is 11.7. The van der Waals surface area contributed by atoms with Crippen molar-refractivity contribution in [2.24, 2.45) is 5.92 Å². The van der Waals surface area contributed by atoms with Gasteiger partial charge in [0.05, 0.1) is 14.2 Å². The van der Waals surface area contributed by atoms with Crippen molar-refractivity contribution in [2.75, 3.05) is 14.2 Å². The molecular weight excluding hydrogens is 443 g/mol. The smallest absolute Gasteiger partial charge is 0.252 e. The predicted molar refractivity (Wildman–Crippen MR) is 112 cm³/mol. The number of methoxy groups -OCH3 is 2. The van der Waals surface area contributed by atoms with E-state index in [0.29, 0.717) is 27.1 Å². The number of ether oxygens (including phenoxy) is 2. The van der Waals surface area contributed by atoms with Gasteiger partial charge in [0, 0.05) is 28.2 Å². The fourth-order valence-corrected chi connectivity index (χ4v) is 3.08. The first-order valence-electron chi connectivity index (χ1n) is 9.00. The summed E-state index contributed by atoms with van der Waals surface area (Å²) in [6.07, 6.45) is 0. The Kier molecular flexibility index (Phi) is 8.01. The van der Waals surface area contributed by atoms with Gasteiger partial charge < -0.3 is 20.1 Å². The zero-order chi connectivity index (χ0) is 21.6. The molecule has 8 heteroatoms. The number of carbonyl (C=O) groups excluding carboxylic acids is 2. The Bertz CT molecular complexity index is 867. The summed E-state index contributed by atoms with van der Waals surface area (Å²) in [5, 5.41) is 5.42. The van der Waals surface area contributed by atoms with Gasteiger partial charge in [-0.1, -0.05) is 29.8 Å². The zero-order valence-corrected chi connectivity index (χ0v) is 18.3. The highest BCUT2D eigenvalue weighted by atomic mass is 79.9. The molecule has 0 heterocycles. The number of hydrogen-bond acceptors (Lipinski definition) is 4. The third kappa shape index (κ3) is 6.19. The van der Waals surface area contributed by atoms with Gasteiger partial charge in [-0.25, -0.2) is 4.39 Å². The summed E-state index contributed by atoms with van der Waals surface area (Å²) >= 11 is 3.28. The predicted octanol–water partition coefficient (Wildman–Crippen LogP) is 3.68. The minimum atomic E-state index is -0.796. The summed E-state index contributed by atoms with van der Waals surface area (Å²) in [6, 6.07) is 8.48. The molecule has 29 heavy (non-hydrogen) atoms. The highest BCUT2D eigenvalue weighted by molar-refractivity contribution is 9.10. The van der Waals surface area contributed by atoms with Crippen LogP contribution in [0.25, 0.3) is 0 Å². The van der Waals surface area contributed by atoms with Gasteiger partial charge in [0.2, 0.25) is 5.91 Å². The van der Waals surface area contributed by atoms with Crippen LogP contribution in [-0.2, 0) is 11.3 Å². The number of nitrogens with one attached hydrogen (secondary N) is 2. The van der Waals surface area contributed by atoms with E-state index in [2.05, 4.69) is 26.6 Å². The summed E-state index contributed by atoms with van der Waals surface area (Å²) in [7, 11) is 2.98. The van der Waals surface area contributed by atoms with Crippen molar-refractivity contribution in [3.63, 3.8) is 0 Å². The molecule has 0 fully saturated rings. The van der Waals surface area contributed by atoms with Crippen LogP contribution in [0.3, 0.4) is 0 Å². The standard InChI is InChI=1S/C21H24BrFN2O4/c1-12(2)19(21(27)24-11-14-7-15(22)5-6-18(14)23)25-20(26)13-8-16(28-3)10-17(9-13)29-4/h5-10,12,19H,11H2,1-4H3,(H,24,27)(H,25,26). The maximum atomic E-state index is 13.9. The molecule has 2 N–H and O–H groups in total. The first kappa shape index (κ1) is 22.7. The van der Waals surface area contributed by atoms with E-state index in [1.165, 1.54) is 20.3 Å². The molecule has 1 unspecified atom stereocenters. The molecule has 0 saturated heterocycles. The first-order valence-corrected chi connectivity index (χ1v) is 9.80. The van der Waals surface area contributed by atoms with Crippen molar-refractivity contribution in [2.45, 2.75) is 26.4 Å². The minimum Gasteiger partial charge on any atom is -0.497 e. The molecule has 6 nitrogen and oxygen atoms in total. The minimum absolute atomic E-state index is 0.0101. The summed E-state index contributed by atoms with van der Waals surface area (Å²) < 4.78 is 25.0. The lowest BCUT2D eigenvalue weighted by molar-refractivity contribution is -0.124. The molecule has 2 aromatic rings. The Balaban J connectivity index is 2.12. The molecular formula is C21H24BrFN2O4. The molecule has 2 aromatic carbocycles. The van der Waals surface area contributed by atoms with Crippen LogP contribution in [0.15, 0.2) is 40.9 Å². The Morgan fingerprint density at radius 1 is 1.07 bits per heavy atom. The van der Waals surface area contributed by atoms with Crippen LogP contribution in [-0.4, -0.2) is 32.1 Å². The van der Waals surface area contributed by atoms with E-state index in [0.717, 1.165) is 0 Å². The molecule has 0 aliphatic rings. The van der Waals surface area contributed by atoms with Crippen molar-refractivity contribution in [3.05, 3.63) is 57.8 Å². The number of rotatable bonds is 8. The third-order valence-corrected chi connectivity index (χ3v) is 4.80. The van der Waals surface area contributed by atoms with E-state index in [1.54, 1.807) is 30.3 Å². The van der Waals surface area contributed by atoms with Crippen molar-refractivity contribution in [1.29, 1.82) is 0 Å². The van der Waals surface area contributed by atoms with Gasteiger partial charge in [-0.15, -0.1) is 0 Å². The largest absolute Gasteiger partial charge is 0.497 e. The van der Waals surface area contributed by atoms with Crippen LogP contribution in [0.5, 0.6) is 11.5 Å². The summed E-state index contributed by atoms with van der Waals surface area (Å²) in [5.41, 5.74) is 0.650. The molecule has 156 valence electrons. The Morgan fingerprint density at radius 3 is 2.24 bits per heavy atom. The molecule has 0 spiro atoms. The topological polar surface area (TPSA) is 76.7 Å². The molecule has 0 aliphatic carbocycles. The van der Waals surface area contributed by atoms with Gasteiger partial charge >= 0.3 is 0 Å². The van der Waals surface area contributed by atoms with Crippen LogP contribution >= 0.6 is 15.9 Å². The fourth-order valence-electron chi connectivity index (χ4n) is 2.67. The molecule has 1 atom stereocenters. The average Bonchev–Trinajstić information content (AvgIpc) is 2.71. The second-order valence-corrected chi connectivity index (χ2v) is 7.67. The van der Waals surface area contributed by atoms with Crippen molar-refractivity contribution in [3.8, 4) is 11.5 Å². The van der Waals surface area contributed by atoms with Crippen LogP contribution in [0.2, 0.25) is 0 Å². The van der Waals surface area contributed by atoms with Crippen molar-refractivity contribution < 1.29 is 23.5 Å². The lowest BCUT2D eigenvalue weighted by Gasteiger charge is -2.22. The van der Waals surface area contributed by atoms with E-state index in [4.69, 9.17) is 9.47 Å². The highest BCUT2D eigenvalue weighted by Gasteiger charge is 2.25. The van der Waals surface area contributed by atoms with E-state index < -0.39 is 23.7 Å². The maximum Gasteiger partial charge on any atom is 0.252 e. The molecule has 2 amide bonds. The number of benzene rings is 2. The van der Waals surface area contributed by atoms with Crippen LogP contribution in [0.4, 0.5) is 4.39 Å². The lowest BCUT2D eigenvalue weighted by atomic mass is 10.0. The number of hydrogen-bond donors (Lipinski definition) is 2. The fraction of sp³-hybridized carbons (Fsp3) is 0.333. The number of halogens is 2. The second-order valence-electron chi connectivity index (χ2n) is 6.75. The molecule has 0 aromatic heterocycles. The van der Waals surface area contributed by atoms with Gasteiger partial charge in [-0.05, 0) is 36.2 Å². The Labute approximate surface area is 177 Å². The lowest BCUT2D eigenvalue weighted by Crippen LogP contribution is -2.49. The third-order valence-electron chi connectivity index (χ3n) is 4.31. The van der Waals surface area contributed by atoms with Gasteiger partial charge in [-0.3, -0.25) is 9.59 Å². The maximum absolute atomic E-state index is 13.9. The van der Waals surface area contributed by atoms with Gasteiger partial charge in [0.15, 0.2) is 0 Å². The SMILES string of the molecule is COc1cc(OC)cc(C(=O)NC(C(=O)NCc2cc(Br)ccc2F)C(C)C)c1. The monoisotopic (exact) mass is 466 g/mol. The number of amides is 2. The average molecular weight is 467 g/mol. The van der Waals surface area contributed by atoms with Gasteiger partial charge in [-0.2, -0.15) is 0 Å². The Morgan fingerprint density at radius 2 is 1.69 bits per heavy atom. The van der Waals surface area contributed by atoms with E-state index >= 15 is 0 Å². The molecule has 0 aliphatic heterocycles. The first-order chi connectivity index (χ1) is 13.7. The number of carbonyl (C=O) groups is 2. The summed E-state index contributed by atoms with van der Waals surface area (Å²) in [6.45, 7) is 3.64. The van der Waals surface area contributed by atoms with E-state index in [-0.39, 0.29) is 12.5 Å². The van der Waals surface area contributed by atoms with Crippen molar-refractivity contribution in [1.82, 2.24) is 10.6 Å². The van der Waals surface area contributed by atoms with Crippen molar-refractivity contribution >= 4 is 27.7 Å². The van der Waals surface area contributed by atoms with Gasteiger partial charge in [0.1, 0.15) is 23.4 Å². The second kappa shape index (κ2) is 10.2. The zero-order valence-electron chi connectivity index (χ0n) is 16.7.